The molecule has 2 fully saturated rings. The number of hydrogen-bond donors (Lipinski definition) is 1. The lowest BCUT2D eigenvalue weighted by atomic mass is 10.1. The number of piperazine rings is 2. The van der Waals surface area contributed by atoms with Crippen molar-refractivity contribution < 1.29 is 67.5 Å². The number of amides is 5. The maximum absolute atomic E-state index is 15.0. The fraction of sp³-hybridized carbons (Fsp3) is 0.362. The van der Waals surface area contributed by atoms with Gasteiger partial charge in [0.2, 0.25) is 5.89 Å². The zero-order valence-electron chi connectivity index (χ0n) is 38.2. The molecule has 7 rings (SSSR count). The number of anilines is 2. The third-order valence-corrected chi connectivity index (χ3v) is 11.6. The Morgan fingerprint density at radius 1 is 0.606 bits per heavy atom. The highest BCUT2D eigenvalue weighted by atomic mass is 19.4. The summed E-state index contributed by atoms with van der Waals surface area (Å²) in [5.74, 6) is -7.83. The number of ketones is 1. The van der Waals surface area contributed by atoms with E-state index in [0.717, 1.165) is 25.2 Å². The van der Waals surface area contributed by atoms with Gasteiger partial charge in [-0.15, -0.1) is 10.2 Å². The van der Waals surface area contributed by atoms with Crippen LogP contribution in [-0.2, 0) is 24.1 Å². The smallest absolute Gasteiger partial charge is 0.413 e. The van der Waals surface area contributed by atoms with Crippen LogP contribution in [-0.4, -0.2) is 132 Å². The summed E-state index contributed by atoms with van der Waals surface area (Å²) in [6.45, 7) is 9.06. The lowest BCUT2D eigenvalue weighted by Gasteiger charge is -2.37. The number of halogens is 10. The molecule has 4 aromatic carbocycles. The van der Waals surface area contributed by atoms with Crippen LogP contribution >= 0.6 is 0 Å². The maximum Gasteiger partial charge on any atom is 0.471 e. The zero-order valence-corrected chi connectivity index (χ0v) is 38.2. The molecule has 71 heavy (non-hydrogen) atoms. The predicted octanol–water partition coefficient (Wildman–Crippen LogP) is 8.39. The number of aromatic nitrogens is 2. The molecule has 3 heterocycles. The van der Waals surface area contributed by atoms with Crippen molar-refractivity contribution in [3.63, 3.8) is 0 Å². The van der Waals surface area contributed by atoms with Gasteiger partial charge in [0.05, 0.1) is 19.6 Å². The van der Waals surface area contributed by atoms with Gasteiger partial charge in [0.1, 0.15) is 23.3 Å². The summed E-state index contributed by atoms with van der Waals surface area (Å²) >= 11 is 0. The fourth-order valence-electron chi connectivity index (χ4n) is 7.45. The molecule has 0 radical (unpaired) electrons. The van der Waals surface area contributed by atoms with E-state index < -0.39 is 71.7 Å². The Hall–Kier alpha value is -7.08. The van der Waals surface area contributed by atoms with Crippen LogP contribution in [0.5, 0.6) is 0 Å². The number of nitrogens with one attached hydrogen (secondary N) is 1. The average molecular weight is 1010 g/mol. The van der Waals surface area contributed by atoms with Crippen LogP contribution in [0.2, 0.25) is 0 Å². The van der Waals surface area contributed by atoms with Crippen molar-refractivity contribution in [1.29, 1.82) is 0 Å². The first-order valence-corrected chi connectivity index (χ1v) is 22.1. The van der Waals surface area contributed by atoms with Crippen LogP contribution in [0.3, 0.4) is 0 Å². The molecular weight excluding hydrogens is 961 g/mol. The Labute approximate surface area is 400 Å². The van der Waals surface area contributed by atoms with Crippen molar-refractivity contribution >= 4 is 35.1 Å². The molecule has 0 atom stereocenters. The molecule has 2 aliphatic heterocycles. The minimum atomic E-state index is -5.14. The molecule has 1 aromatic heterocycles. The summed E-state index contributed by atoms with van der Waals surface area (Å²) in [7, 11) is 0. The second kappa shape index (κ2) is 23.2. The van der Waals surface area contributed by atoms with Crippen molar-refractivity contribution in [2.75, 3.05) is 81.8 Å². The fourth-order valence-corrected chi connectivity index (χ4v) is 7.45. The largest absolute Gasteiger partial charge is 0.471 e. The molecule has 2 aliphatic rings. The van der Waals surface area contributed by atoms with E-state index in [4.69, 9.17) is 0 Å². The highest BCUT2D eigenvalue weighted by Gasteiger charge is 2.39. The van der Waals surface area contributed by atoms with Crippen LogP contribution in [0.15, 0.2) is 89.3 Å². The van der Waals surface area contributed by atoms with Crippen LogP contribution in [0.4, 0.5) is 64.9 Å². The van der Waals surface area contributed by atoms with Gasteiger partial charge in [-0.3, -0.25) is 19.4 Å². The molecule has 0 bridgehead atoms. The van der Waals surface area contributed by atoms with Gasteiger partial charge in [0.25, 0.3) is 0 Å². The predicted molar refractivity (Wildman–Crippen MR) is 238 cm³/mol. The monoisotopic (exact) mass is 1010 g/mol. The topological polar surface area (TPSA) is 139 Å². The van der Waals surface area contributed by atoms with E-state index in [1.165, 1.54) is 87.9 Å². The number of hydrogen-bond acceptors (Lipinski definition) is 9. The highest BCUT2D eigenvalue weighted by molar-refractivity contribution is 6.00. The van der Waals surface area contributed by atoms with Crippen molar-refractivity contribution in [2.24, 2.45) is 0 Å². The Morgan fingerprint density at radius 2 is 1.06 bits per heavy atom. The van der Waals surface area contributed by atoms with Gasteiger partial charge in [0, 0.05) is 86.0 Å². The molecule has 5 aromatic rings. The van der Waals surface area contributed by atoms with E-state index in [1.807, 2.05) is 13.8 Å². The number of carbonyl (C=O) groups is 4. The van der Waals surface area contributed by atoms with Gasteiger partial charge in [0.15, 0.2) is 5.78 Å². The number of benzene rings is 4. The summed E-state index contributed by atoms with van der Waals surface area (Å²) in [6.07, 6.45) is -9.96. The van der Waals surface area contributed by atoms with Crippen LogP contribution < -0.4 is 15.1 Å². The van der Waals surface area contributed by atoms with Crippen molar-refractivity contribution in [2.45, 2.75) is 39.3 Å². The average Bonchev–Trinajstić information content (AvgIpc) is 3.87. The number of rotatable bonds is 12. The molecule has 0 aliphatic carbocycles. The van der Waals surface area contributed by atoms with Crippen LogP contribution in [0, 0.1) is 23.3 Å². The van der Waals surface area contributed by atoms with E-state index >= 15 is 0 Å². The number of nitrogens with zero attached hydrogens (tertiary/aromatic N) is 8. The summed E-state index contributed by atoms with van der Waals surface area (Å²) in [5.41, 5.74) is 0.585. The first-order chi connectivity index (χ1) is 33.6. The molecule has 1 N–H and O–H groups in total. The maximum atomic E-state index is 15.0. The summed E-state index contributed by atoms with van der Waals surface area (Å²) in [4.78, 5) is 60.0. The first kappa shape index (κ1) is 53.3. The van der Waals surface area contributed by atoms with Crippen molar-refractivity contribution in [1.82, 2.24) is 35.1 Å². The highest BCUT2D eigenvalue weighted by Crippen LogP contribution is 2.32. The third-order valence-electron chi connectivity index (χ3n) is 11.6. The van der Waals surface area contributed by atoms with E-state index in [1.54, 1.807) is 9.80 Å². The molecular formula is C47H47F10N9O5. The standard InChI is InChI=1S/C24H25F5N4O3.C23H22F5N5O2/c1-2-31-9-11-32(12-10-31)23(36)33(19-7-5-18(25)6-8-19)15-17-4-3-16(13-20(17)26)21(34)14-30-22(35)24(27,28)29;1-2-31-9-11-32(12-10-31)22(34)33(18-7-5-17(24)6-8-18)14-16-4-3-15(13-19(16)25)20-29-30-21(35-20)23(26,27)28/h3-8,13H,2,9-12,14-15H2,1H3,(H,30,35);3-8,13H,2,9-12,14H2,1H3. The van der Waals surface area contributed by atoms with Crippen LogP contribution in [0.1, 0.15) is 41.2 Å². The lowest BCUT2D eigenvalue weighted by Crippen LogP contribution is -2.52. The van der Waals surface area contributed by atoms with Crippen molar-refractivity contribution in [3.8, 4) is 11.5 Å². The number of urea groups is 2. The Bertz CT molecular complexity index is 2630. The molecule has 5 amide bonds. The Balaban J connectivity index is 0.000000232. The molecule has 0 spiro atoms. The number of carbonyl (C=O) groups excluding carboxylic acids is 4. The number of Topliss-reactive ketones (excluding diaryl/α,β-unsaturated/α-hetero) is 1. The lowest BCUT2D eigenvalue weighted by molar-refractivity contribution is -0.173. The minimum absolute atomic E-state index is 0.0374. The Kier molecular flexibility index (Phi) is 17.4. The number of likely N-dealkylation sites (N-methyl/N-ethyl adjacent to an activating group) is 2. The molecule has 380 valence electrons. The summed E-state index contributed by atoms with van der Waals surface area (Å²) in [6, 6.07) is 16.6. The minimum Gasteiger partial charge on any atom is -0.413 e. The Morgan fingerprint density at radius 3 is 1.45 bits per heavy atom. The first-order valence-electron chi connectivity index (χ1n) is 22.1. The quantitative estimate of drug-likeness (QED) is 0.0965. The van der Waals surface area contributed by atoms with E-state index in [-0.39, 0.29) is 41.4 Å². The van der Waals surface area contributed by atoms with Gasteiger partial charge < -0.3 is 29.3 Å². The van der Waals surface area contributed by atoms with Gasteiger partial charge in [-0.25, -0.2) is 27.2 Å². The molecule has 0 saturated carbocycles. The van der Waals surface area contributed by atoms with E-state index in [0.29, 0.717) is 63.7 Å². The second-order valence-electron chi connectivity index (χ2n) is 16.2. The van der Waals surface area contributed by atoms with E-state index in [2.05, 4.69) is 24.4 Å². The van der Waals surface area contributed by atoms with E-state index in [9.17, 15) is 63.1 Å². The van der Waals surface area contributed by atoms with Gasteiger partial charge >= 0.3 is 36.2 Å². The summed E-state index contributed by atoms with van der Waals surface area (Å²) in [5, 5.41) is 7.71. The molecule has 24 heteroatoms. The summed E-state index contributed by atoms with van der Waals surface area (Å²) < 4.78 is 137. The third kappa shape index (κ3) is 14.0. The van der Waals surface area contributed by atoms with Crippen LogP contribution in [0.25, 0.3) is 11.5 Å². The zero-order chi connectivity index (χ0) is 51.6. The van der Waals surface area contributed by atoms with Gasteiger partial charge in [-0.2, -0.15) is 26.3 Å². The van der Waals surface area contributed by atoms with Gasteiger partial charge in [-0.1, -0.05) is 32.0 Å². The van der Waals surface area contributed by atoms with Gasteiger partial charge in [-0.05, 0) is 79.8 Å². The second-order valence-corrected chi connectivity index (χ2v) is 16.2. The number of alkyl halides is 6. The normalized spacial score (nSPS) is 14.6. The molecule has 14 nitrogen and oxygen atoms in total. The molecule has 0 unspecified atom stereocenters. The van der Waals surface area contributed by atoms with Crippen molar-refractivity contribution in [3.05, 3.63) is 131 Å². The SMILES string of the molecule is CCN1CCN(C(=O)N(Cc2ccc(-c3nnc(C(F)(F)F)o3)cc2F)c2ccc(F)cc2)CC1.CCN1CCN(C(=O)N(Cc2ccc(C(=O)CNC(=O)C(F)(F)F)cc2F)c2ccc(F)cc2)CC1. The molecule has 2 saturated heterocycles.